The Morgan fingerprint density at radius 3 is 2.52 bits per heavy atom. The number of aromatic amines is 1. The van der Waals surface area contributed by atoms with Crippen molar-refractivity contribution in [3.63, 3.8) is 0 Å². The predicted octanol–water partition coefficient (Wildman–Crippen LogP) is 3.12. The molecule has 1 aromatic carbocycles. The average Bonchev–Trinajstić information content (AvgIpc) is 3.18. The van der Waals surface area contributed by atoms with Crippen LogP contribution < -0.4 is 5.32 Å². The minimum absolute atomic E-state index is 0.000470. The van der Waals surface area contributed by atoms with Crippen LogP contribution in [0.2, 0.25) is 5.02 Å². The average molecular weight is 374 g/mol. The zero-order chi connectivity index (χ0) is 18.1. The molecule has 0 aliphatic rings. The van der Waals surface area contributed by atoms with Crippen LogP contribution in [0.5, 0.6) is 0 Å². The zero-order valence-electron chi connectivity index (χ0n) is 12.2. The third kappa shape index (κ3) is 3.33. The molecule has 0 bridgehead atoms. The lowest BCUT2D eigenvalue weighted by Crippen LogP contribution is -2.14. The van der Waals surface area contributed by atoms with Gasteiger partial charge in [-0.3, -0.25) is 14.6 Å². The standard InChI is InChI=1S/C14H8ClF4N5O/c15-7-4-20-22-13(7)14(25)21-10-1-2-24(23-10)5-6-11(18)8(16)3-9(17)12(6)19/h1-4H,5H2,(H,20,22)(H,21,23,25). The summed E-state index contributed by atoms with van der Waals surface area (Å²) in [5.41, 5.74) is -0.824. The Bertz CT molecular complexity index is 929. The maximum atomic E-state index is 13.7. The summed E-state index contributed by atoms with van der Waals surface area (Å²) in [7, 11) is 0. The monoisotopic (exact) mass is 373 g/mol. The summed E-state index contributed by atoms with van der Waals surface area (Å²) >= 11 is 5.74. The van der Waals surface area contributed by atoms with Gasteiger partial charge in [0.15, 0.2) is 29.1 Å². The summed E-state index contributed by atoms with van der Waals surface area (Å²) in [4.78, 5) is 11.9. The van der Waals surface area contributed by atoms with Gasteiger partial charge in [0.2, 0.25) is 0 Å². The van der Waals surface area contributed by atoms with Gasteiger partial charge in [0, 0.05) is 18.3 Å². The Kier molecular flexibility index (Phi) is 4.45. The molecule has 3 rings (SSSR count). The highest BCUT2D eigenvalue weighted by molar-refractivity contribution is 6.34. The van der Waals surface area contributed by atoms with Gasteiger partial charge in [-0.05, 0) is 0 Å². The fraction of sp³-hybridized carbons (Fsp3) is 0.0714. The Labute approximate surface area is 142 Å². The lowest BCUT2D eigenvalue weighted by molar-refractivity contribution is 0.102. The summed E-state index contributed by atoms with van der Waals surface area (Å²) in [5.74, 6) is -6.64. The van der Waals surface area contributed by atoms with Crippen molar-refractivity contribution >= 4 is 23.3 Å². The molecule has 0 saturated carbocycles. The van der Waals surface area contributed by atoms with E-state index in [0.29, 0.717) is 0 Å². The molecular formula is C14H8ClF4N5O. The SMILES string of the molecule is O=C(Nc1ccn(Cc2c(F)c(F)cc(F)c2F)n1)c1[nH]ncc1Cl. The molecule has 11 heteroatoms. The van der Waals surface area contributed by atoms with Crippen LogP contribution in [0.3, 0.4) is 0 Å². The number of aromatic nitrogens is 4. The van der Waals surface area contributed by atoms with Gasteiger partial charge in [0.25, 0.3) is 5.91 Å². The summed E-state index contributed by atoms with van der Waals surface area (Å²) in [6.07, 6.45) is 2.50. The smallest absolute Gasteiger partial charge is 0.276 e. The number of anilines is 1. The van der Waals surface area contributed by atoms with Crippen LogP contribution in [0, 0.1) is 23.3 Å². The topological polar surface area (TPSA) is 75.6 Å². The third-order valence-corrected chi connectivity index (χ3v) is 3.51. The first-order valence-corrected chi connectivity index (χ1v) is 7.10. The maximum absolute atomic E-state index is 13.7. The molecule has 6 nitrogen and oxygen atoms in total. The largest absolute Gasteiger partial charge is 0.304 e. The number of carbonyl (C=O) groups is 1. The highest BCUT2D eigenvalue weighted by Gasteiger charge is 2.20. The summed E-state index contributed by atoms with van der Waals surface area (Å²) in [6.45, 7) is -0.576. The normalized spacial score (nSPS) is 10.9. The summed E-state index contributed by atoms with van der Waals surface area (Å²) < 4.78 is 54.7. The Hall–Kier alpha value is -2.88. The van der Waals surface area contributed by atoms with Crippen molar-refractivity contribution < 1.29 is 22.4 Å². The molecule has 2 aromatic heterocycles. The van der Waals surface area contributed by atoms with E-state index in [1.165, 1.54) is 18.5 Å². The fourth-order valence-electron chi connectivity index (χ4n) is 2.05. The number of hydrogen-bond donors (Lipinski definition) is 2. The fourth-order valence-corrected chi connectivity index (χ4v) is 2.23. The number of nitrogens with one attached hydrogen (secondary N) is 2. The van der Waals surface area contributed by atoms with Crippen molar-refractivity contribution in [2.24, 2.45) is 0 Å². The van der Waals surface area contributed by atoms with Gasteiger partial charge < -0.3 is 5.32 Å². The van der Waals surface area contributed by atoms with Crippen molar-refractivity contribution in [3.05, 3.63) is 64.1 Å². The van der Waals surface area contributed by atoms with Crippen LogP contribution in [0.1, 0.15) is 16.1 Å². The number of nitrogens with zero attached hydrogens (tertiary/aromatic N) is 3. The molecule has 1 amide bonds. The van der Waals surface area contributed by atoms with Gasteiger partial charge in [0.1, 0.15) is 5.69 Å². The van der Waals surface area contributed by atoms with Crippen LogP contribution in [0.4, 0.5) is 23.4 Å². The molecule has 0 radical (unpaired) electrons. The predicted molar refractivity (Wildman–Crippen MR) is 79.2 cm³/mol. The summed E-state index contributed by atoms with van der Waals surface area (Å²) in [5, 5.41) is 12.3. The molecule has 3 aromatic rings. The van der Waals surface area contributed by atoms with E-state index < -0.39 is 41.3 Å². The van der Waals surface area contributed by atoms with Gasteiger partial charge in [-0.2, -0.15) is 10.2 Å². The third-order valence-electron chi connectivity index (χ3n) is 3.23. The zero-order valence-corrected chi connectivity index (χ0v) is 12.9. The maximum Gasteiger partial charge on any atom is 0.276 e. The number of rotatable bonds is 4. The Morgan fingerprint density at radius 2 is 1.92 bits per heavy atom. The van der Waals surface area contributed by atoms with Crippen LogP contribution in [-0.2, 0) is 6.54 Å². The highest BCUT2D eigenvalue weighted by Crippen LogP contribution is 2.20. The first-order chi connectivity index (χ1) is 11.9. The van der Waals surface area contributed by atoms with Gasteiger partial charge in [0.05, 0.1) is 23.3 Å². The second kappa shape index (κ2) is 6.55. The number of carbonyl (C=O) groups excluding carboxylic acids is 1. The quantitative estimate of drug-likeness (QED) is 0.545. The van der Waals surface area contributed by atoms with Gasteiger partial charge in [-0.15, -0.1) is 0 Å². The van der Waals surface area contributed by atoms with E-state index in [1.807, 2.05) is 0 Å². The van der Waals surface area contributed by atoms with E-state index in [-0.39, 0.29) is 22.6 Å². The van der Waals surface area contributed by atoms with E-state index in [4.69, 9.17) is 11.6 Å². The second-order valence-electron chi connectivity index (χ2n) is 4.89. The second-order valence-corrected chi connectivity index (χ2v) is 5.30. The molecule has 0 spiro atoms. The van der Waals surface area contributed by atoms with Crippen molar-refractivity contribution in [1.82, 2.24) is 20.0 Å². The number of benzene rings is 1. The molecule has 130 valence electrons. The van der Waals surface area contributed by atoms with Crippen molar-refractivity contribution in [3.8, 4) is 0 Å². The molecule has 0 atom stereocenters. The molecule has 0 saturated heterocycles. The van der Waals surface area contributed by atoms with Crippen molar-refractivity contribution in [1.29, 1.82) is 0 Å². The van der Waals surface area contributed by atoms with Gasteiger partial charge >= 0.3 is 0 Å². The molecule has 2 N–H and O–H groups in total. The molecule has 25 heavy (non-hydrogen) atoms. The number of halogens is 5. The van der Waals surface area contributed by atoms with Crippen molar-refractivity contribution in [2.75, 3.05) is 5.32 Å². The van der Waals surface area contributed by atoms with Crippen LogP contribution in [0.15, 0.2) is 24.5 Å². The number of amides is 1. The molecule has 0 aliphatic carbocycles. The number of hydrogen-bond acceptors (Lipinski definition) is 3. The first kappa shape index (κ1) is 17.0. The van der Waals surface area contributed by atoms with E-state index >= 15 is 0 Å². The first-order valence-electron chi connectivity index (χ1n) is 6.72. The van der Waals surface area contributed by atoms with E-state index in [0.717, 1.165) is 4.68 Å². The minimum Gasteiger partial charge on any atom is -0.304 e. The Balaban J connectivity index is 1.79. The summed E-state index contributed by atoms with van der Waals surface area (Å²) in [6, 6.07) is 1.45. The Morgan fingerprint density at radius 1 is 1.24 bits per heavy atom. The van der Waals surface area contributed by atoms with E-state index in [9.17, 15) is 22.4 Å². The molecule has 2 heterocycles. The molecule has 0 unspecified atom stereocenters. The number of H-pyrrole nitrogens is 1. The van der Waals surface area contributed by atoms with Gasteiger partial charge in [-0.25, -0.2) is 17.6 Å². The van der Waals surface area contributed by atoms with Gasteiger partial charge in [-0.1, -0.05) is 11.6 Å². The lowest BCUT2D eigenvalue weighted by Gasteiger charge is -2.07. The van der Waals surface area contributed by atoms with Crippen LogP contribution in [0.25, 0.3) is 0 Å². The highest BCUT2D eigenvalue weighted by atomic mass is 35.5. The molecule has 0 fully saturated rings. The minimum atomic E-state index is -1.51. The molecular weight excluding hydrogens is 366 g/mol. The van der Waals surface area contributed by atoms with Crippen LogP contribution >= 0.6 is 11.6 Å². The van der Waals surface area contributed by atoms with Crippen LogP contribution in [-0.4, -0.2) is 25.9 Å². The molecule has 0 aliphatic heterocycles. The van der Waals surface area contributed by atoms with E-state index in [2.05, 4.69) is 20.6 Å². The lowest BCUT2D eigenvalue weighted by atomic mass is 10.2. The van der Waals surface area contributed by atoms with E-state index in [1.54, 1.807) is 0 Å². The van der Waals surface area contributed by atoms with Crippen molar-refractivity contribution in [2.45, 2.75) is 6.54 Å².